The molecule has 150 valence electrons. The first-order valence-corrected chi connectivity index (χ1v) is 9.94. The molecule has 0 radical (unpaired) electrons. The summed E-state index contributed by atoms with van der Waals surface area (Å²) in [5, 5.41) is 0. The second-order valence-electron chi connectivity index (χ2n) is 7.51. The third-order valence-corrected chi connectivity index (χ3v) is 5.57. The molecule has 1 aromatic heterocycles. The van der Waals surface area contributed by atoms with Crippen molar-refractivity contribution in [2.75, 3.05) is 51.4 Å². The predicted octanol–water partition coefficient (Wildman–Crippen LogP) is 1.52. The summed E-state index contributed by atoms with van der Waals surface area (Å²) >= 11 is 0. The predicted molar refractivity (Wildman–Crippen MR) is 108 cm³/mol. The molecule has 1 fully saturated rings. The van der Waals surface area contributed by atoms with Gasteiger partial charge in [0.2, 0.25) is 5.95 Å². The Kier molecular flexibility index (Phi) is 5.64. The topological polar surface area (TPSA) is 70.7 Å². The van der Waals surface area contributed by atoms with Gasteiger partial charge in [-0.3, -0.25) is 14.7 Å². The number of anilines is 1. The molecule has 0 unspecified atom stereocenters. The maximum atomic E-state index is 12.7. The van der Waals surface area contributed by atoms with Crippen LogP contribution in [0, 0.1) is 6.92 Å². The van der Waals surface area contributed by atoms with E-state index in [0.717, 1.165) is 62.6 Å². The zero-order valence-corrected chi connectivity index (χ0v) is 16.7. The van der Waals surface area contributed by atoms with Crippen LogP contribution in [0.3, 0.4) is 0 Å². The van der Waals surface area contributed by atoms with E-state index in [1.54, 1.807) is 7.11 Å². The van der Waals surface area contributed by atoms with Crippen LogP contribution in [-0.4, -0.2) is 61.4 Å². The van der Waals surface area contributed by atoms with Crippen LogP contribution in [0.4, 0.5) is 5.95 Å². The summed E-state index contributed by atoms with van der Waals surface area (Å²) < 4.78 is 10.9. The van der Waals surface area contributed by atoms with Crippen LogP contribution in [0.25, 0.3) is 0 Å². The van der Waals surface area contributed by atoms with Crippen molar-refractivity contribution in [1.29, 1.82) is 0 Å². The number of nitrogens with one attached hydrogen (secondary N) is 1. The van der Waals surface area contributed by atoms with Crippen molar-refractivity contribution in [1.82, 2.24) is 14.9 Å². The number of hydrogen-bond acceptors (Lipinski definition) is 6. The zero-order chi connectivity index (χ0) is 19.5. The lowest BCUT2D eigenvalue weighted by atomic mass is 10.1. The lowest BCUT2D eigenvalue weighted by Gasteiger charge is -2.27. The number of aryl methyl sites for hydroxylation is 1. The van der Waals surface area contributed by atoms with Gasteiger partial charge in [-0.25, -0.2) is 4.98 Å². The summed E-state index contributed by atoms with van der Waals surface area (Å²) in [6.45, 7) is 7.50. The molecular weight excluding hydrogens is 356 g/mol. The van der Waals surface area contributed by atoms with Crippen LogP contribution in [0.2, 0.25) is 0 Å². The molecule has 1 aromatic carbocycles. The van der Waals surface area contributed by atoms with E-state index >= 15 is 0 Å². The lowest BCUT2D eigenvalue weighted by Crippen LogP contribution is -2.38. The van der Waals surface area contributed by atoms with Gasteiger partial charge in [-0.1, -0.05) is 17.7 Å². The monoisotopic (exact) mass is 384 g/mol. The van der Waals surface area contributed by atoms with Gasteiger partial charge in [0.25, 0.3) is 5.56 Å². The van der Waals surface area contributed by atoms with Crippen molar-refractivity contribution in [2.45, 2.75) is 26.3 Å². The number of aromatic nitrogens is 2. The van der Waals surface area contributed by atoms with E-state index in [0.29, 0.717) is 19.2 Å². The number of H-pyrrole nitrogens is 1. The Balaban J connectivity index is 1.51. The first-order chi connectivity index (χ1) is 13.6. The fraction of sp³-hybridized carbons (Fsp3) is 0.524. The van der Waals surface area contributed by atoms with Crippen molar-refractivity contribution in [3.63, 3.8) is 0 Å². The fourth-order valence-electron chi connectivity index (χ4n) is 4.00. The lowest BCUT2D eigenvalue weighted by molar-refractivity contribution is 0.122. The molecule has 0 bridgehead atoms. The molecule has 2 aromatic rings. The van der Waals surface area contributed by atoms with Crippen LogP contribution in [0.15, 0.2) is 23.0 Å². The molecule has 1 N–H and O–H groups in total. The Labute approximate surface area is 165 Å². The van der Waals surface area contributed by atoms with Crippen LogP contribution in [0.1, 0.15) is 22.4 Å². The molecule has 7 nitrogen and oxygen atoms in total. The molecule has 2 aliphatic rings. The highest BCUT2D eigenvalue weighted by Gasteiger charge is 2.22. The number of nitrogens with zero attached hydrogens (tertiary/aromatic N) is 3. The van der Waals surface area contributed by atoms with Gasteiger partial charge in [0.15, 0.2) is 0 Å². The van der Waals surface area contributed by atoms with Gasteiger partial charge >= 0.3 is 0 Å². The van der Waals surface area contributed by atoms with E-state index in [1.165, 1.54) is 11.1 Å². The maximum absolute atomic E-state index is 12.7. The standard InChI is InChI=1S/C21H28N4O3/c1-15-3-4-19(27-2)16(13-15)14-24-7-5-17-18(6-8-24)22-21(23-20(17)26)25-9-11-28-12-10-25/h3-4,13H,5-12,14H2,1-2H3,(H,22,23,26). The second kappa shape index (κ2) is 8.32. The van der Waals surface area contributed by atoms with Gasteiger partial charge in [-0.2, -0.15) is 0 Å². The summed E-state index contributed by atoms with van der Waals surface area (Å²) in [4.78, 5) is 25.0. The molecule has 1 saturated heterocycles. The average molecular weight is 384 g/mol. The van der Waals surface area contributed by atoms with Crippen LogP contribution in [0.5, 0.6) is 5.75 Å². The number of hydrogen-bond donors (Lipinski definition) is 1. The Morgan fingerprint density at radius 3 is 2.75 bits per heavy atom. The molecule has 28 heavy (non-hydrogen) atoms. The Morgan fingerprint density at radius 1 is 1.18 bits per heavy atom. The minimum atomic E-state index is 0.00137. The van der Waals surface area contributed by atoms with Crippen molar-refractivity contribution < 1.29 is 9.47 Å². The van der Waals surface area contributed by atoms with Crippen molar-refractivity contribution in [3.8, 4) is 5.75 Å². The van der Waals surface area contributed by atoms with E-state index in [1.807, 2.05) is 6.07 Å². The number of aromatic amines is 1. The highest BCUT2D eigenvalue weighted by molar-refractivity contribution is 5.37. The number of fused-ring (bicyclic) bond motifs is 1. The van der Waals surface area contributed by atoms with Crippen LogP contribution in [-0.2, 0) is 24.1 Å². The van der Waals surface area contributed by atoms with Gasteiger partial charge in [0, 0.05) is 50.3 Å². The summed E-state index contributed by atoms with van der Waals surface area (Å²) in [6.07, 6.45) is 1.50. The van der Waals surface area contributed by atoms with Gasteiger partial charge in [-0.15, -0.1) is 0 Å². The Bertz CT molecular complexity index is 890. The summed E-state index contributed by atoms with van der Waals surface area (Å²) in [5.41, 5.74) is 4.17. The average Bonchev–Trinajstić information content (AvgIpc) is 2.92. The Morgan fingerprint density at radius 2 is 1.96 bits per heavy atom. The summed E-state index contributed by atoms with van der Waals surface area (Å²) in [6, 6.07) is 6.27. The first-order valence-electron chi connectivity index (χ1n) is 9.94. The van der Waals surface area contributed by atoms with E-state index in [9.17, 15) is 4.79 Å². The quantitative estimate of drug-likeness (QED) is 0.862. The van der Waals surface area contributed by atoms with Crippen LogP contribution < -0.4 is 15.2 Å². The van der Waals surface area contributed by atoms with Gasteiger partial charge in [-0.05, 0) is 19.4 Å². The normalized spacial score (nSPS) is 17.9. The van der Waals surface area contributed by atoms with Crippen LogP contribution >= 0.6 is 0 Å². The molecular formula is C21H28N4O3. The summed E-state index contributed by atoms with van der Waals surface area (Å²) in [5.74, 6) is 1.60. The molecule has 0 atom stereocenters. The molecule has 0 amide bonds. The minimum Gasteiger partial charge on any atom is -0.496 e. The largest absolute Gasteiger partial charge is 0.496 e. The van der Waals surface area contributed by atoms with E-state index < -0.39 is 0 Å². The molecule has 0 aliphatic carbocycles. The van der Waals surface area contributed by atoms with Gasteiger partial charge < -0.3 is 14.4 Å². The highest BCUT2D eigenvalue weighted by Crippen LogP contribution is 2.23. The number of ether oxygens (including phenoxy) is 2. The number of rotatable bonds is 4. The maximum Gasteiger partial charge on any atom is 0.255 e. The number of methoxy groups -OCH3 is 1. The smallest absolute Gasteiger partial charge is 0.255 e. The van der Waals surface area contributed by atoms with Crippen molar-refractivity contribution >= 4 is 5.95 Å². The third-order valence-electron chi connectivity index (χ3n) is 5.57. The molecule has 0 saturated carbocycles. The minimum absolute atomic E-state index is 0.00137. The molecule has 2 aliphatic heterocycles. The molecule has 7 heteroatoms. The Hall–Kier alpha value is -2.38. The SMILES string of the molecule is COc1ccc(C)cc1CN1CCc2nc(N3CCOCC3)[nH]c(=O)c2CC1. The van der Waals surface area contributed by atoms with E-state index in [2.05, 4.69) is 33.8 Å². The van der Waals surface area contributed by atoms with Gasteiger partial charge in [0.1, 0.15) is 5.75 Å². The number of morpholine rings is 1. The van der Waals surface area contributed by atoms with Crippen molar-refractivity contribution in [2.24, 2.45) is 0 Å². The highest BCUT2D eigenvalue weighted by atomic mass is 16.5. The van der Waals surface area contributed by atoms with Crippen molar-refractivity contribution in [3.05, 3.63) is 50.9 Å². The van der Waals surface area contributed by atoms with Gasteiger partial charge in [0.05, 0.1) is 26.0 Å². The molecule has 4 rings (SSSR count). The molecule has 3 heterocycles. The van der Waals surface area contributed by atoms with E-state index in [4.69, 9.17) is 14.5 Å². The molecule has 0 spiro atoms. The number of benzene rings is 1. The summed E-state index contributed by atoms with van der Waals surface area (Å²) in [7, 11) is 1.71. The zero-order valence-electron chi connectivity index (χ0n) is 16.7. The second-order valence-corrected chi connectivity index (χ2v) is 7.51. The third kappa shape index (κ3) is 4.05. The fourth-order valence-corrected chi connectivity index (χ4v) is 4.00. The first kappa shape index (κ1) is 19.0. The van der Waals surface area contributed by atoms with E-state index in [-0.39, 0.29) is 5.56 Å².